The van der Waals surface area contributed by atoms with E-state index in [1.165, 1.54) is 18.2 Å². The number of nitro benzene ring substituents is 1. The summed E-state index contributed by atoms with van der Waals surface area (Å²) in [7, 11) is 0. The van der Waals surface area contributed by atoms with Gasteiger partial charge in [0, 0.05) is 23.2 Å². The molecule has 0 saturated heterocycles. The molecule has 0 aromatic heterocycles. The smallest absolute Gasteiger partial charge is 0.312 e. The van der Waals surface area contributed by atoms with Gasteiger partial charge in [0.25, 0.3) is 0 Å². The van der Waals surface area contributed by atoms with Gasteiger partial charge in [-0.25, -0.2) is 0 Å². The molecule has 0 fully saturated rings. The highest BCUT2D eigenvalue weighted by Gasteiger charge is 2.21. The molecule has 1 aromatic rings. The molecule has 0 aliphatic heterocycles. The predicted octanol–water partition coefficient (Wildman–Crippen LogP) is 2.65. The third kappa shape index (κ3) is 6.03. The van der Waals surface area contributed by atoms with Crippen molar-refractivity contribution < 1.29 is 14.5 Å². The first kappa shape index (κ1) is 19.2. The van der Waals surface area contributed by atoms with E-state index in [4.69, 9.17) is 22.1 Å². The standard InChI is InChI=1S/C15H22ClN3O4/c1-3-15(17,4-2)10-18-14(20)7-8-23-13-6-5-11(16)9-12(13)19(21)22/h5-6,9H,3-4,7-8,10,17H2,1-2H3,(H,18,20). The van der Waals surface area contributed by atoms with E-state index < -0.39 is 10.5 Å². The Morgan fingerprint density at radius 2 is 2.09 bits per heavy atom. The number of nitro groups is 1. The van der Waals surface area contributed by atoms with Gasteiger partial charge >= 0.3 is 5.69 Å². The van der Waals surface area contributed by atoms with Crippen LogP contribution in [0.25, 0.3) is 0 Å². The first-order valence-electron chi connectivity index (χ1n) is 7.43. The number of nitrogens with one attached hydrogen (secondary N) is 1. The van der Waals surface area contributed by atoms with E-state index in [2.05, 4.69) is 5.32 Å². The second kappa shape index (κ2) is 8.69. The zero-order valence-corrected chi connectivity index (χ0v) is 14.1. The SMILES string of the molecule is CCC(N)(CC)CNC(=O)CCOc1ccc(Cl)cc1[N+](=O)[O-]. The maximum Gasteiger partial charge on any atom is 0.312 e. The van der Waals surface area contributed by atoms with E-state index in [1.807, 2.05) is 13.8 Å². The van der Waals surface area contributed by atoms with Gasteiger partial charge in [-0.05, 0) is 25.0 Å². The zero-order valence-electron chi connectivity index (χ0n) is 13.3. The van der Waals surface area contributed by atoms with Crippen molar-refractivity contribution in [2.75, 3.05) is 13.2 Å². The van der Waals surface area contributed by atoms with E-state index in [9.17, 15) is 14.9 Å². The van der Waals surface area contributed by atoms with E-state index in [0.717, 1.165) is 12.8 Å². The molecule has 128 valence electrons. The summed E-state index contributed by atoms with van der Waals surface area (Å²) in [6.07, 6.45) is 1.61. The van der Waals surface area contributed by atoms with E-state index in [-0.39, 0.29) is 35.4 Å². The minimum atomic E-state index is -0.577. The van der Waals surface area contributed by atoms with Crippen molar-refractivity contribution in [3.05, 3.63) is 33.3 Å². The molecule has 1 rings (SSSR count). The summed E-state index contributed by atoms with van der Waals surface area (Å²) in [5.41, 5.74) is 5.46. The molecular weight excluding hydrogens is 322 g/mol. The third-order valence-corrected chi connectivity index (χ3v) is 3.99. The molecular formula is C15H22ClN3O4. The Bertz CT molecular complexity index is 562. The van der Waals surface area contributed by atoms with Gasteiger partial charge in [0.05, 0.1) is 18.0 Å². The number of amides is 1. The van der Waals surface area contributed by atoms with Crippen LogP contribution in [0.4, 0.5) is 5.69 Å². The summed E-state index contributed by atoms with van der Waals surface area (Å²) < 4.78 is 5.32. The number of carbonyl (C=O) groups excluding carboxylic acids is 1. The van der Waals surface area contributed by atoms with E-state index in [0.29, 0.717) is 6.54 Å². The van der Waals surface area contributed by atoms with Crippen LogP contribution >= 0.6 is 11.6 Å². The average molecular weight is 344 g/mol. The minimum absolute atomic E-state index is 0.0319. The molecule has 0 aliphatic rings. The third-order valence-electron chi connectivity index (χ3n) is 3.75. The molecule has 0 spiro atoms. The minimum Gasteiger partial charge on any atom is -0.486 e. The molecule has 0 bridgehead atoms. The summed E-state index contributed by atoms with van der Waals surface area (Å²) in [6.45, 7) is 4.36. The van der Waals surface area contributed by atoms with Gasteiger partial charge in [0.1, 0.15) is 0 Å². The first-order chi connectivity index (χ1) is 10.8. The molecule has 1 aromatic carbocycles. The molecule has 0 heterocycles. The number of carbonyl (C=O) groups is 1. The van der Waals surface area contributed by atoms with Crippen LogP contribution in [0, 0.1) is 10.1 Å². The summed E-state index contributed by atoms with van der Waals surface area (Å²) >= 11 is 5.72. The Balaban J connectivity index is 2.48. The van der Waals surface area contributed by atoms with Crippen molar-refractivity contribution in [1.29, 1.82) is 0 Å². The van der Waals surface area contributed by atoms with Crippen LogP contribution in [0.5, 0.6) is 5.75 Å². The molecule has 0 saturated carbocycles. The Morgan fingerprint density at radius 1 is 1.43 bits per heavy atom. The molecule has 7 nitrogen and oxygen atoms in total. The molecule has 3 N–H and O–H groups in total. The predicted molar refractivity (Wildman–Crippen MR) is 88.7 cm³/mol. The van der Waals surface area contributed by atoms with Crippen LogP contribution in [-0.4, -0.2) is 29.5 Å². The molecule has 0 atom stereocenters. The van der Waals surface area contributed by atoms with Crippen molar-refractivity contribution in [3.63, 3.8) is 0 Å². The van der Waals surface area contributed by atoms with E-state index >= 15 is 0 Å². The molecule has 0 aliphatic carbocycles. The summed E-state index contributed by atoms with van der Waals surface area (Å²) in [4.78, 5) is 22.1. The van der Waals surface area contributed by atoms with E-state index in [1.54, 1.807) is 0 Å². The van der Waals surface area contributed by atoms with Crippen LogP contribution in [0.3, 0.4) is 0 Å². The molecule has 0 radical (unpaired) electrons. The lowest BCUT2D eigenvalue weighted by atomic mass is 9.94. The highest BCUT2D eigenvalue weighted by Crippen LogP contribution is 2.29. The van der Waals surface area contributed by atoms with Gasteiger partial charge in [0.2, 0.25) is 5.91 Å². The number of nitrogens with two attached hydrogens (primary N) is 1. The zero-order chi connectivity index (χ0) is 17.5. The second-order valence-corrected chi connectivity index (χ2v) is 5.75. The van der Waals surface area contributed by atoms with Gasteiger partial charge in [0.15, 0.2) is 5.75 Å². The fourth-order valence-corrected chi connectivity index (χ4v) is 2.04. The van der Waals surface area contributed by atoms with Crippen molar-refractivity contribution in [1.82, 2.24) is 5.32 Å². The number of halogens is 1. The number of benzene rings is 1. The van der Waals surface area contributed by atoms with Crippen LogP contribution < -0.4 is 15.8 Å². The first-order valence-corrected chi connectivity index (χ1v) is 7.81. The number of nitrogens with zero attached hydrogens (tertiary/aromatic N) is 1. The molecule has 8 heteroatoms. The summed E-state index contributed by atoms with van der Waals surface area (Å²) in [6, 6.07) is 4.12. The molecule has 23 heavy (non-hydrogen) atoms. The molecule has 1 amide bonds. The largest absolute Gasteiger partial charge is 0.486 e. The van der Waals surface area contributed by atoms with Gasteiger partial charge in [-0.15, -0.1) is 0 Å². The van der Waals surface area contributed by atoms with Crippen molar-refractivity contribution in [2.24, 2.45) is 5.73 Å². The lowest BCUT2D eigenvalue weighted by Crippen LogP contribution is -2.49. The number of ether oxygens (including phenoxy) is 1. The van der Waals surface area contributed by atoms with Crippen LogP contribution in [0.2, 0.25) is 5.02 Å². The van der Waals surface area contributed by atoms with Gasteiger partial charge in [-0.2, -0.15) is 0 Å². The van der Waals surface area contributed by atoms with Crippen molar-refractivity contribution >= 4 is 23.2 Å². The Labute approximate surface area is 140 Å². The van der Waals surface area contributed by atoms with Gasteiger partial charge in [-0.1, -0.05) is 25.4 Å². The average Bonchev–Trinajstić information content (AvgIpc) is 2.53. The fourth-order valence-electron chi connectivity index (χ4n) is 1.87. The summed E-state index contributed by atoms with van der Waals surface area (Å²) in [5, 5.41) is 13.9. The van der Waals surface area contributed by atoms with Gasteiger partial charge in [-0.3, -0.25) is 14.9 Å². The number of rotatable bonds is 9. The maximum atomic E-state index is 11.8. The molecule has 0 unspecified atom stereocenters. The Hall–Kier alpha value is -1.86. The van der Waals surface area contributed by atoms with Crippen LogP contribution in [0.1, 0.15) is 33.1 Å². The lowest BCUT2D eigenvalue weighted by molar-refractivity contribution is -0.385. The topological polar surface area (TPSA) is 107 Å². The number of hydrogen-bond donors (Lipinski definition) is 2. The van der Waals surface area contributed by atoms with Crippen LogP contribution in [-0.2, 0) is 4.79 Å². The highest BCUT2D eigenvalue weighted by atomic mass is 35.5. The Morgan fingerprint density at radius 3 is 2.65 bits per heavy atom. The second-order valence-electron chi connectivity index (χ2n) is 5.31. The van der Waals surface area contributed by atoms with Crippen LogP contribution in [0.15, 0.2) is 18.2 Å². The fraction of sp³-hybridized carbons (Fsp3) is 0.533. The van der Waals surface area contributed by atoms with Crippen molar-refractivity contribution in [2.45, 2.75) is 38.6 Å². The normalized spacial score (nSPS) is 11.1. The number of hydrogen-bond acceptors (Lipinski definition) is 5. The van der Waals surface area contributed by atoms with Crippen molar-refractivity contribution in [3.8, 4) is 5.75 Å². The maximum absolute atomic E-state index is 11.8. The summed E-state index contributed by atoms with van der Waals surface area (Å²) in [5.74, 6) is -0.124. The monoisotopic (exact) mass is 343 g/mol. The quantitative estimate of drug-likeness (QED) is 0.529. The van der Waals surface area contributed by atoms with Gasteiger partial charge < -0.3 is 15.8 Å². The Kier molecular flexibility index (Phi) is 7.25. The lowest BCUT2D eigenvalue weighted by Gasteiger charge is -2.26. The highest BCUT2D eigenvalue weighted by molar-refractivity contribution is 6.30.